The number of anilines is 2. The van der Waals surface area contributed by atoms with Crippen molar-refractivity contribution in [1.82, 2.24) is 0 Å². The van der Waals surface area contributed by atoms with Gasteiger partial charge in [-0.15, -0.1) is 11.3 Å². The average Bonchev–Trinajstić information content (AvgIpc) is 3.29. The van der Waals surface area contributed by atoms with Gasteiger partial charge in [0.05, 0.1) is 18.5 Å². The van der Waals surface area contributed by atoms with E-state index in [9.17, 15) is 9.59 Å². The van der Waals surface area contributed by atoms with Crippen molar-refractivity contribution in [2.24, 2.45) is 0 Å². The van der Waals surface area contributed by atoms with Gasteiger partial charge in [-0.3, -0.25) is 14.5 Å². The Kier molecular flexibility index (Phi) is 5.54. The van der Waals surface area contributed by atoms with Gasteiger partial charge >= 0.3 is 0 Å². The van der Waals surface area contributed by atoms with Crippen LogP contribution in [-0.2, 0) is 9.59 Å². The van der Waals surface area contributed by atoms with E-state index in [2.05, 4.69) is 5.32 Å². The monoisotopic (exact) mass is 458 g/mol. The molecule has 2 aliphatic rings. The van der Waals surface area contributed by atoms with Crippen LogP contribution in [0.15, 0.2) is 71.2 Å². The van der Waals surface area contributed by atoms with Crippen molar-refractivity contribution >= 4 is 34.4 Å². The largest absolute Gasteiger partial charge is 0.497 e. The van der Waals surface area contributed by atoms with Crippen molar-refractivity contribution in [2.45, 2.75) is 38.6 Å². The first-order valence-corrected chi connectivity index (χ1v) is 11.9. The van der Waals surface area contributed by atoms with Crippen LogP contribution in [0.1, 0.15) is 47.7 Å². The van der Waals surface area contributed by atoms with Gasteiger partial charge in [-0.2, -0.15) is 0 Å². The highest BCUT2D eigenvalue weighted by atomic mass is 32.1. The Bertz CT molecular complexity index is 1240. The van der Waals surface area contributed by atoms with Gasteiger partial charge in [0, 0.05) is 29.5 Å². The number of amides is 1. The Hall–Kier alpha value is -3.38. The third-order valence-electron chi connectivity index (χ3n) is 6.48. The molecule has 0 fully saturated rings. The first-order chi connectivity index (χ1) is 16.0. The van der Waals surface area contributed by atoms with Crippen molar-refractivity contribution in [3.8, 4) is 5.75 Å². The summed E-state index contributed by atoms with van der Waals surface area (Å²) in [6.45, 7) is 3.59. The van der Waals surface area contributed by atoms with Crippen LogP contribution in [0.3, 0.4) is 0 Å². The Morgan fingerprint density at radius 2 is 1.91 bits per heavy atom. The zero-order chi connectivity index (χ0) is 23.1. The quantitative estimate of drug-likeness (QED) is 0.524. The maximum Gasteiger partial charge on any atom is 0.224 e. The standard InChI is InChI=1S/C27H26N2O3S/c1-16-6-11-21-23(13-16)29(17(2)30)27(25-5-4-12-33-25)26-22(28-21)14-19(15-24(26)31)18-7-9-20(32-3)10-8-18/h4-13,19,27-28H,14-15H2,1-3H3/t19-,27+/m1/s1. The van der Waals surface area contributed by atoms with Gasteiger partial charge in [0.25, 0.3) is 0 Å². The molecule has 1 aromatic heterocycles. The first kappa shape index (κ1) is 21.5. The molecule has 5 rings (SSSR count). The molecule has 0 radical (unpaired) electrons. The Labute approximate surface area is 197 Å². The molecule has 0 saturated carbocycles. The highest BCUT2D eigenvalue weighted by Gasteiger charge is 2.41. The lowest BCUT2D eigenvalue weighted by Crippen LogP contribution is -2.36. The molecule has 2 heterocycles. The fourth-order valence-corrected chi connectivity index (χ4v) is 5.75. The molecule has 1 aliphatic heterocycles. The topological polar surface area (TPSA) is 58.6 Å². The molecule has 1 amide bonds. The number of carbonyl (C=O) groups is 2. The maximum atomic E-state index is 13.7. The lowest BCUT2D eigenvalue weighted by molar-refractivity contribution is -0.117. The number of nitrogens with one attached hydrogen (secondary N) is 1. The van der Waals surface area contributed by atoms with Crippen molar-refractivity contribution in [3.63, 3.8) is 0 Å². The molecule has 6 heteroatoms. The van der Waals surface area contributed by atoms with Crippen LogP contribution in [-0.4, -0.2) is 18.8 Å². The molecular weight excluding hydrogens is 432 g/mol. The molecule has 1 N–H and O–H groups in total. The Balaban J connectivity index is 1.66. The first-order valence-electron chi connectivity index (χ1n) is 11.1. The van der Waals surface area contributed by atoms with Crippen molar-refractivity contribution in [3.05, 3.63) is 87.3 Å². The number of fused-ring (bicyclic) bond motifs is 1. The van der Waals surface area contributed by atoms with Gasteiger partial charge in [0.1, 0.15) is 11.8 Å². The zero-order valence-electron chi connectivity index (χ0n) is 18.9. The number of ether oxygens (including phenoxy) is 1. The third kappa shape index (κ3) is 3.85. The van der Waals surface area contributed by atoms with Crippen LogP contribution in [0.4, 0.5) is 11.4 Å². The van der Waals surface area contributed by atoms with Gasteiger partial charge in [0.2, 0.25) is 5.91 Å². The number of aryl methyl sites for hydroxylation is 1. The number of nitrogens with zero attached hydrogens (tertiary/aromatic N) is 1. The Morgan fingerprint density at radius 1 is 1.12 bits per heavy atom. The number of methoxy groups -OCH3 is 1. The summed E-state index contributed by atoms with van der Waals surface area (Å²) in [4.78, 5) is 29.5. The summed E-state index contributed by atoms with van der Waals surface area (Å²) in [5.74, 6) is 0.864. The minimum Gasteiger partial charge on any atom is -0.497 e. The fourth-order valence-electron chi connectivity index (χ4n) is 4.92. The van der Waals surface area contributed by atoms with E-state index in [1.165, 1.54) is 0 Å². The number of carbonyl (C=O) groups excluding carboxylic acids is 2. The number of Topliss-reactive ketones (excluding diaryl/α,β-unsaturated/α-hetero) is 1. The molecule has 2 atom stereocenters. The number of benzene rings is 2. The highest BCUT2D eigenvalue weighted by molar-refractivity contribution is 7.10. The molecule has 33 heavy (non-hydrogen) atoms. The van der Waals surface area contributed by atoms with Crippen LogP contribution in [0, 0.1) is 6.92 Å². The minimum atomic E-state index is -0.433. The third-order valence-corrected chi connectivity index (χ3v) is 7.40. The predicted molar refractivity (Wildman–Crippen MR) is 132 cm³/mol. The number of ketones is 1. The summed E-state index contributed by atoms with van der Waals surface area (Å²) in [5.41, 5.74) is 5.44. The van der Waals surface area contributed by atoms with Gasteiger partial charge < -0.3 is 10.1 Å². The van der Waals surface area contributed by atoms with E-state index in [1.807, 2.05) is 66.9 Å². The second-order valence-electron chi connectivity index (χ2n) is 8.65. The van der Waals surface area contributed by atoms with Crippen molar-refractivity contribution < 1.29 is 14.3 Å². The summed E-state index contributed by atoms with van der Waals surface area (Å²) < 4.78 is 5.29. The summed E-state index contributed by atoms with van der Waals surface area (Å²) >= 11 is 1.58. The molecule has 3 aromatic rings. The minimum absolute atomic E-state index is 0.0661. The van der Waals surface area contributed by atoms with Crippen molar-refractivity contribution in [1.29, 1.82) is 0 Å². The molecule has 1 aliphatic carbocycles. The lowest BCUT2D eigenvalue weighted by atomic mass is 9.79. The molecule has 0 bridgehead atoms. The maximum absolute atomic E-state index is 13.7. The number of allylic oxidation sites excluding steroid dienone is 1. The highest BCUT2D eigenvalue weighted by Crippen LogP contribution is 2.48. The van der Waals surface area contributed by atoms with Crippen LogP contribution in [0.2, 0.25) is 0 Å². The van der Waals surface area contributed by atoms with E-state index in [-0.39, 0.29) is 17.6 Å². The van der Waals surface area contributed by atoms with Gasteiger partial charge in [-0.25, -0.2) is 0 Å². The van der Waals surface area contributed by atoms with E-state index in [0.29, 0.717) is 18.4 Å². The smallest absolute Gasteiger partial charge is 0.224 e. The summed E-state index contributed by atoms with van der Waals surface area (Å²) in [6, 6.07) is 17.6. The second-order valence-corrected chi connectivity index (χ2v) is 9.63. The Morgan fingerprint density at radius 3 is 2.58 bits per heavy atom. The molecular formula is C27H26N2O3S. The molecule has 2 aromatic carbocycles. The van der Waals surface area contributed by atoms with E-state index >= 15 is 0 Å². The molecule has 168 valence electrons. The number of thiophene rings is 1. The lowest BCUT2D eigenvalue weighted by Gasteiger charge is -2.33. The van der Waals surface area contributed by atoms with Crippen molar-refractivity contribution in [2.75, 3.05) is 17.3 Å². The molecule has 0 saturated heterocycles. The number of hydrogen-bond donors (Lipinski definition) is 1. The van der Waals surface area contributed by atoms with Gasteiger partial charge in [-0.1, -0.05) is 24.3 Å². The molecule has 5 nitrogen and oxygen atoms in total. The van der Waals surface area contributed by atoms with Crippen LogP contribution in [0.5, 0.6) is 5.75 Å². The SMILES string of the molecule is COc1ccc([C@H]2CC(=O)C3=C(C2)Nc2ccc(C)cc2N(C(C)=O)[C@H]3c2cccs2)cc1. The van der Waals surface area contributed by atoms with Crippen LogP contribution >= 0.6 is 11.3 Å². The van der Waals surface area contributed by atoms with Crippen LogP contribution in [0.25, 0.3) is 0 Å². The predicted octanol–water partition coefficient (Wildman–Crippen LogP) is 5.99. The number of rotatable bonds is 3. The van der Waals surface area contributed by atoms with E-state index in [0.717, 1.165) is 38.8 Å². The normalized spacial score (nSPS) is 20.0. The van der Waals surface area contributed by atoms with E-state index < -0.39 is 6.04 Å². The summed E-state index contributed by atoms with van der Waals surface area (Å²) in [5, 5.41) is 5.56. The molecule has 0 spiro atoms. The number of hydrogen-bond acceptors (Lipinski definition) is 5. The summed E-state index contributed by atoms with van der Waals surface area (Å²) in [7, 11) is 1.65. The summed E-state index contributed by atoms with van der Waals surface area (Å²) in [6.07, 6.45) is 1.12. The second kappa shape index (κ2) is 8.52. The molecule has 0 unspecified atom stereocenters. The van der Waals surface area contributed by atoms with E-state index in [4.69, 9.17) is 4.74 Å². The van der Waals surface area contributed by atoms with Crippen LogP contribution < -0.4 is 15.0 Å². The zero-order valence-corrected chi connectivity index (χ0v) is 19.7. The van der Waals surface area contributed by atoms with Gasteiger partial charge in [-0.05, 0) is 66.1 Å². The fraction of sp³-hybridized carbons (Fsp3) is 0.259. The van der Waals surface area contributed by atoms with E-state index in [1.54, 1.807) is 30.3 Å². The average molecular weight is 459 g/mol. The van der Waals surface area contributed by atoms with Gasteiger partial charge in [0.15, 0.2) is 5.78 Å².